The zero-order chi connectivity index (χ0) is 21.1. The second-order valence-electron chi connectivity index (χ2n) is 6.41. The Balaban J connectivity index is 2.17. The molecule has 0 heterocycles. The van der Waals surface area contributed by atoms with E-state index in [2.05, 4.69) is 4.72 Å². The van der Waals surface area contributed by atoms with E-state index in [-0.39, 0.29) is 17.9 Å². The van der Waals surface area contributed by atoms with Crippen molar-refractivity contribution >= 4 is 16.0 Å². The van der Waals surface area contributed by atoms with Crippen LogP contribution in [0.25, 0.3) is 0 Å². The first-order valence-electron chi connectivity index (χ1n) is 9.62. The minimum atomic E-state index is -3.88. The van der Waals surface area contributed by atoms with E-state index in [1.807, 2.05) is 6.07 Å². The van der Waals surface area contributed by atoms with E-state index in [1.54, 1.807) is 43.3 Å². The number of carbonyl (C=O) groups is 1. The van der Waals surface area contributed by atoms with Crippen LogP contribution in [0.2, 0.25) is 0 Å². The van der Waals surface area contributed by atoms with Crippen molar-refractivity contribution in [1.82, 2.24) is 4.72 Å². The van der Waals surface area contributed by atoms with E-state index in [4.69, 9.17) is 15.2 Å². The predicted octanol–water partition coefficient (Wildman–Crippen LogP) is 2.78. The summed E-state index contributed by atoms with van der Waals surface area (Å²) in [4.78, 5) is 12.1. The SMILES string of the molecule is CCOC(=O)CC(NS(=O)(=O)c1cccc(OCCCCN)c1)c1ccccc1. The molecule has 0 aliphatic rings. The van der Waals surface area contributed by atoms with Gasteiger partial charge in [0.15, 0.2) is 0 Å². The summed E-state index contributed by atoms with van der Waals surface area (Å²) in [5.74, 6) is -0.00686. The van der Waals surface area contributed by atoms with E-state index in [1.165, 1.54) is 12.1 Å². The monoisotopic (exact) mass is 420 g/mol. The fourth-order valence-corrected chi connectivity index (χ4v) is 3.98. The Bertz CT molecular complexity index is 872. The molecular weight excluding hydrogens is 392 g/mol. The molecule has 0 spiro atoms. The second kappa shape index (κ2) is 11.5. The second-order valence-corrected chi connectivity index (χ2v) is 8.13. The van der Waals surface area contributed by atoms with Crippen molar-refractivity contribution in [3.8, 4) is 5.75 Å². The van der Waals surface area contributed by atoms with E-state index >= 15 is 0 Å². The third-order valence-corrected chi connectivity index (χ3v) is 5.63. The predicted molar refractivity (Wildman–Crippen MR) is 111 cm³/mol. The van der Waals surface area contributed by atoms with Crippen molar-refractivity contribution in [2.75, 3.05) is 19.8 Å². The van der Waals surface area contributed by atoms with Crippen molar-refractivity contribution in [2.24, 2.45) is 5.73 Å². The molecule has 0 saturated carbocycles. The van der Waals surface area contributed by atoms with Crippen LogP contribution in [0.15, 0.2) is 59.5 Å². The fraction of sp³-hybridized carbons (Fsp3) is 0.381. The molecule has 3 N–H and O–H groups in total. The van der Waals surface area contributed by atoms with Crippen LogP contribution in [0.1, 0.15) is 37.8 Å². The average Bonchev–Trinajstić information content (AvgIpc) is 2.72. The Morgan fingerprint density at radius 1 is 1.10 bits per heavy atom. The summed E-state index contributed by atoms with van der Waals surface area (Å²) in [5, 5.41) is 0. The number of carbonyl (C=O) groups excluding carboxylic acids is 1. The van der Waals surface area contributed by atoms with Crippen molar-refractivity contribution in [1.29, 1.82) is 0 Å². The van der Waals surface area contributed by atoms with Gasteiger partial charge >= 0.3 is 5.97 Å². The van der Waals surface area contributed by atoms with Gasteiger partial charge in [0.2, 0.25) is 10.0 Å². The Morgan fingerprint density at radius 2 is 1.86 bits per heavy atom. The molecular formula is C21H28N2O5S. The molecule has 158 valence electrons. The molecule has 1 unspecified atom stereocenters. The number of ether oxygens (including phenoxy) is 2. The molecule has 0 bridgehead atoms. The molecule has 2 aromatic carbocycles. The van der Waals surface area contributed by atoms with E-state index in [9.17, 15) is 13.2 Å². The number of sulfonamides is 1. The molecule has 8 heteroatoms. The van der Waals surface area contributed by atoms with Crippen LogP contribution < -0.4 is 15.2 Å². The van der Waals surface area contributed by atoms with E-state index in [0.717, 1.165) is 12.8 Å². The van der Waals surface area contributed by atoms with Crippen LogP contribution in [-0.4, -0.2) is 34.1 Å². The highest BCUT2D eigenvalue weighted by Gasteiger charge is 2.24. The third kappa shape index (κ3) is 7.49. The third-order valence-electron chi connectivity index (χ3n) is 4.16. The standard InChI is InChI=1S/C21H28N2O5S/c1-2-27-21(24)16-20(17-9-4-3-5-10-17)23-29(25,26)19-12-8-11-18(15-19)28-14-7-6-13-22/h3-5,8-12,15,20,23H,2,6-7,13-14,16,22H2,1H3. The minimum Gasteiger partial charge on any atom is -0.494 e. The zero-order valence-corrected chi connectivity index (χ0v) is 17.4. The molecule has 0 radical (unpaired) electrons. The highest BCUT2D eigenvalue weighted by Crippen LogP contribution is 2.23. The smallest absolute Gasteiger partial charge is 0.307 e. The van der Waals surface area contributed by atoms with Gasteiger partial charge in [0, 0.05) is 6.07 Å². The van der Waals surface area contributed by atoms with Gasteiger partial charge in [-0.2, -0.15) is 0 Å². The number of hydrogen-bond acceptors (Lipinski definition) is 6. The van der Waals surface area contributed by atoms with Crippen LogP contribution >= 0.6 is 0 Å². The van der Waals surface area contributed by atoms with Gasteiger partial charge in [-0.25, -0.2) is 13.1 Å². The van der Waals surface area contributed by atoms with Crippen LogP contribution in [0.5, 0.6) is 5.75 Å². The van der Waals surface area contributed by atoms with Gasteiger partial charge in [0.1, 0.15) is 5.75 Å². The lowest BCUT2D eigenvalue weighted by Gasteiger charge is -2.19. The number of unbranched alkanes of at least 4 members (excludes halogenated alkanes) is 1. The fourth-order valence-electron chi connectivity index (χ4n) is 2.72. The lowest BCUT2D eigenvalue weighted by atomic mass is 10.1. The van der Waals surface area contributed by atoms with Gasteiger partial charge in [0.05, 0.1) is 30.6 Å². The molecule has 0 aromatic heterocycles. The van der Waals surface area contributed by atoms with Crippen LogP contribution in [-0.2, 0) is 19.6 Å². The Labute approximate surface area is 172 Å². The molecule has 0 aliphatic heterocycles. The highest BCUT2D eigenvalue weighted by molar-refractivity contribution is 7.89. The number of nitrogens with one attached hydrogen (secondary N) is 1. The number of benzene rings is 2. The molecule has 0 saturated heterocycles. The summed E-state index contributed by atoms with van der Waals surface area (Å²) in [7, 11) is -3.88. The summed E-state index contributed by atoms with van der Waals surface area (Å²) < 4.78 is 39.1. The van der Waals surface area contributed by atoms with Crippen molar-refractivity contribution in [3.63, 3.8) is 0 Å². The zero-order valence-electron chi connectivity index (χ0n) is 16.5. The molecule has 2 rings (SSSR count). The van der Waals surface area contributed by atoms with E-state index < -0.39 is 22.0 Å². The summed E-state index contributed by atoms with van der Waals surface area (Å²) in [6, 6.07) is 14.5. The maximum absolute atomic E-state index is 12.9. The van der Waals surface area contributed by atoms with Crippen LogP contribution in [0.3, 0.4) is 0 Å². The van der Waals surface area contributed by atoms with Gasteiger partial charge in [-0.05, 0) is 44.0 Å². The summed E-state index contributed by atoms with van der Waals surface area (Å²) in [5.41, 5.74) is 6.14. The van der Waals surface area contributed by atoms with Crippen molar-refractivity contribution in [3.05, 3.63) is 60.2 Å². The van der Waals surface area contributed by atoms with E-state index in [0.29, 0.717) is 24.5 Å². The lowest BCUT2D eigenvalue weighted by molar-refractivity contribution is -0.143. The number of nitrogens with two attached hydrogens (primary N) is 1. The lowest BCUT2D eigenvalue weighted by Crippen LogP contribution is -2.30. The molecule has 0 fully saturated rings. The largest absolute Gasteiger partial charge is 0.494 e. The maximum atomic E-state index is 12.9. The minimum absolute atomic E-state index is 0.0682. The Hall–Kier alpha value is -2.42. The Morgan fingerprint density at radius 3 is 2.55 bits per heavy atom. The summed E-state index contributed by atoms with van der Waals surface area (Å²) in [6.07, 6.45) is 1.53. The van der Waals surface area contributed by atoms with Gasteiger partial charge in [-0.15, -0.1) is 0 Å². The Kier molecular flexibility index (Phi) is 9.11. The van der Waals surface area contributed by atoms with Crippen molar-refractivity contribution < 1.29 is 22.7 Å². The summed E-state index contributed by atoms with van der Waals surface area (Å²) in [6.45, 7) is 2.99. The molecule has 2 aromatic rings. The quantitative estimate of drug-likeness (QED) is 0.404. The van der Waals surface area contributed by atoms with Gasteiger partial charge in [0.25, 0.3) is 0 Å². The van der Waals surface area contributed by atoms with Gasteiger partial charge in [-0.1, -0.05) is 36.4 Å². The maximum Gasteiger partial charge on any atom is 0.307 e. The molecule has 0 amide bonds. The molecule has 7 nitrogen and oxygen atoms in total. The summed E-state index contributed by atoms with van der Waals surface area (Å²) >= 11 is 0. The first kappa shape index (κ1) is 22.9. The first-order valence-corrected chi connectivity index (χ1v) is 11.1. The van der Waals surface area contributed by atoms with Crippen molar-refractivity contribution in [2.45, 2.75) is 37.1 Å². The number of esters is 1. The number of hydrogen-bond donors (Lipinski definition) is 2. The normalized spacial score (nSPS) is 12.3. The molecule has 1 atom stereocenters. The van der Waals surface area contributed by atoms with Gasteiger partial charge in [-0.3, -0.25) is 4.79 Å². The van der Waals surface area contributed by atoms with Crippen LogP contribution in [0, 0.1) is 0 Å². The first-order chi connectivity index (χ1) is 14.0. The number of rotatable bonds is 12. The van der Waals surface area contributed by atoms with Crippen LogP contribution in [0.4, 0.5) is 0 Å². The van der Waals surface area contributed by atoms with Gasteiger partial charge < -0.3 is 15.2 Å². The average molecular weight is 421 g/mol. The topological polar surface area (TPSA) is 108 Å². The highest BCUT2D eigenvalue weighted by atomic mass is 32.2. The molecule has 29 heavy (non-hydrogen) atoms. The molecule has 0 aliphatic carbocycles.